The van der Waals surface area contributed by atoms with Crippen molar-refractivity contribution in [3.8, 4) is 0 Å². The Morgan fingerprint density at radius 2 is 2.00 bits per heavy atom. The first-order chi connectivity index (χ1) is 12.1. The molecule has 2 heterocycles. The fourth-order valence-electron chi connectivity index (χ4n) is 3.99. The van der Waals surface area contributed by atoms with E-state index in [0.29, 0.717) is 18.2 Å². The second-order valence-electron chi connectivity index (χ2n) is 7.87. The molecule has 0 aromatic heterocycles. The molecule has 0 aromatic carbocycles. The summed E-state index contributed by atoms with van der Waals surface area (Å²) in [6.07, 6.45) is 11.4. The van der Waals surface area contributed by atoms with Crippen LogP contribution in [0.25, 0.3) is 0 Å². The van der Waals surface area contributed by atoms with Crippen LogP contribution in [-0.4, -0.2) is 66.4 Å². The minimum atomic E-state index is 0.361. The van der Waals surface area contributed by atoms with Gasteiger partial charge in [0.05, 0.1) is 6.10 Å². The van der Waals surface area contributed by atoms with Crippen LogP contribution in [0, 0.1) is 0 Å². The Hall–Kier alpha value is -0.390. The first-order valence-electron chi connectivity index (χ1n) is 10.5. The number of piperidine rings is 1. The maximum Gasteiger partial charge on any atom is 0.169 e. The average molecular weight is 370 g/mol. The normalized spacial score (nSPS) is 23.6. The van der Waals surface area contributed by atoms with Gasteiger partial charge >= 0.3 is 0 Å². The van der Waals surface area contributed by atoms with E-state index in [1.165, 1.54) is 64.5 Å². The number of unbranched alkanes of at least 4 members (excludes halogenated alkanes) is 2. The lowest BCUT2D eigenvalue weighted by molar-refractivity contribution is 0.0709. The summed E-state index contributed by atoms with van der Waals surface area (Å²) >= 11 is 5.89. The third kappa shape index (κ3) is 7.03. The van der Waals surface area contributed by atoms with Gasteiger partial charge in [0.2, 0.25) is 0 Å². The molecule has 4 nitrogen and oxygen atoms in total. The fourth-order valence-corrected chi connectivity index (χ4v) is 4.38. The van der Waals surface area contributed by atoms with Gasteiger partial charge in [0, 0.05) is 25.2 Å². The SMILES string of the molecule is CCCCCC(CC)NC(=S)N(CC1CCCO1)C1CCN(C)CC1. The van der Waals surface area contributed by atoms with Crippen molar-refractivity contribution in [2.24, 2.45) is 0 Å². The van der Waals surface area contributed by atoms with Crippen molar-refractivity contribution < 1.29 is 4.74 Å². The summed E-state index contributed by atoms with van der Waals surface area (Å²) in [7, 11) is 2.22. The zero-order chi connectivity index (χ0) is 18.1. The van der Waals surface area contributed by atoms with Crippen LogP contribution >= 0.6 is 12.2 Å². The molecule has 2 aliphatic heterocycles. The molecule has 0 saturated carbocycles. The van der Waals surface area contributed by atoms with Gasteiger partial charge < -0.3 is 19.9 Å². The summed E-state index contributed by atoms with van der Waals surface area (Å²) in [6, 6.07) is 1.07. The Labute approximate surface area is 160 Å². The van der Waals surface area contributed by atoms with E-state index in [1.807, 2.05) is 0 Å². The van der Waals surface area contributed by atoms with Crippen LogP contribution in [0.15, 0.2) is 0 Å². The highest BCUT2D eigenvalue weighted by atomic mass is 32.1. The molecule has 2 rings (SSSR count). The fraction of sp³-hybridized carbons (Fsp3) is 0.950. The number of nitrogens with zero attached hydrogens (tertiary/aromatic N) is 2. The smallest absolute Gasteiger partial charge is 0.169 e. The second-order valence-corrected chi connectivity index (χ2v) is 8.26. The largest absolute Gasteiger partial charge is 0.376 e. The predicted molar refractivity (Wildman–Crippen MR) is 110 cm³/mol. The molecule has 25 heavy (non-hydrogen) atoms. The Balaban J connectivity index is 1.93. The number of rotatable bonds is 9. The first kappa shape index (κ1) is 20.9. The zero-order valence-corrected chi connectivity index (χ0v) is 17.5. The van der Waals surface area contributed by atoms with Crippen LogP contribution in [0.4, 0.5) is 0 Å². The third-order valence-corrected chi connectivity index (χ3v) is 6.14. The lowest BCUT2D eigenvalue weighted by atomic mass is 10.0. The highest BCUT2D eigenvalue weighted by molar-refractivity contribution is 7.80. The van der Waals surface area contributed by atoms with Crippen LogP contribution in [0.2, 0.25) is 0 Å². The van der Waals surface area contributed by atoms with Crippen molar-refractivity contribution >= 4 is 17.3 Å². The first-order valence-corrected chi connectivity index (χ1v) is 10.9. The lowest BCUT2D eigenvalue weighted by Crippen LogP contribution is -2.54. The summed E-state index contributed by atoms with van der Waals surface area (Å²) in [5.74, 6) is 0. The van der Waals surface area contributed by atoms with Crippen LogP contribution in [0.5, 0.6) is 0 Å². The number of ether oxygens (including phenoxy) is 1. The van der Waals surface area contributed by atoms with E-state index in [1.54, 1.807) is 0 Å². The van der Waals surface area contributed by atoms with E-state index in [2.05, 4.69) is 36.0 Å². The van der Waals surface area contributed by atoms with Crippen molar-refractivity contribution in [1.29, 1.82) is 0 Å². The maximum absolute atomic E-state index is 5.92. The molecular formula is C20H39N3OS. The molecule has 0 bridgehead atoms. The van der Waals surface area contributed by atoms with Gasteiger partial charge in [0.25, 0.3) is 0 Å². The Bertz CT molecular complexity index is 379. The summed E-state index contributed by atoms with van der Waals surface area (Å²) in [6.45, 7) is 8.76. The second kappa shape index (κ2) is 11.3. The van der Waals surface area contributed by atoms with Gasteiger partial charge in [-0.3, -0.25) is 0 Å². The van der Waals surface area contributed by atoms with E-state index in [0.717, 1.165) is 24.7 Å². The number of thiocarbonyl (C=S) groups is 1. The molecule has 2 saturated heterocycles. The molecule has 0 aliphatic carbocycles. The van der Waals surface area contributed by atoms with Crippen molar-refractivity contribution in [3.63, 3.8) is 0 Å². The van der Waals surface area contributed by atoms with Gasteiger partial charge in [-0.25, -0.2) is 0 Å². The van der Waals surface area contributed by atoms with Crippen LogP contribution in [-0.2, 0) is 4.74 Å². The van der Waals surface area contributed by atoms with E-state index in [4.69, 9.17) is 17.0 Å². The molecule has 0 amide bonds. The van der Waals surface area contributed by atoms with E-state index >= 15 is 0 Å². The highest BCUT2D eigenvalue weighted by Gasteiger charge is 2.29. The summed E-state index contributed by atoms with van der Waals surface area (Å²) < 4.78 is 5.92. The highest BCUT2D eigenvalue weighted by Crippen LogP contribution is 2.21. The molecular weight excluding hydrogens is 330 g/mol. The zero-order valence-electron chi connectivity index (χ0n) is 16.6. The van der Waals surface area contributed by atoms with Gasteiger partial charge in [-0.1, -0.05) is 33.1 Å². The van der Waals surface area contributed by atoms with Crippen molar-refractivity contribution in [2.45, 2.75) is 89.8 Å². The van der Waals surface area contributed by atoms with Crippen molar-refractivity contribution in [2.75, 3.05) is 33.3 Å². The van der Waals surface area contributed by atoms with Crippen molar-refractivity contribution in [3.05, 3.63) is 0 Å². The number of likely N-dealkylation sites (tertiary alicyclic amines) is 1. The van der Waals surface area contributed by atoms with E-state index in [9.17, 15) is 0 Å². The Morgan fingerprint density at radius 1 is 1.24 bits per heavy atom. The minimum Gasteiger partial charge on any atom is -0.376 e. The molecule has 0 aromatic rings. The maximum atomic E-state index is 5.92. The van der Waals surface area contributed by atoms with Gasteiger partial charge in [0.15, 0.2) is 5.11 Å². The molecule has 146 valence electrons. The molecule has 0 radical (unpaired) electrons. The molecule has 1 N–H and O–H groups in total. The van der Waals surface area contributed by atoms with E-state index in [-0.39, 0.29) is 0 Å². The molecule has 2 unspecified atom stereocenters. The Kier molecular flexibility index (Phi) is 9.50. The lowest BCUT2D eigenvalue weighted by Gasteiger charge is -2.40. The summed E-state index contributed by atoms with van der Waals surface area (Å²) in [5.41, 5.74) is 0. The van der Waals surface area contributed by atoms with Crippen molar-refractivity contribution in [1.82, 2.24) is 15.1 Å². The standard InChI is InChI=1S/C20H39N3OS/c1-4-6-7-9-17(5-2)21-20(25)23(16-19-10-8-15-24-19)18-11-13-22(3)14-12-18/h17-19H,4-16H2,1-3H3,(H,21,25). The Morgan fingerprint density at radius 3 is 2.60 bits per heavy atom. The van der Waals surface area contributed by atoms with Gasteiger partial charge in [-0.15, -0.1) is 0 Å². The van der Waals surface area contributed by atoms with Crippen LogP contribution in [0.3, 0.4) is 0 Å². The quantitative estimate of drug-likeness (QED) is 0.493. The van der Waals surface area contributed by atoms with Crippen LogP contribution in [0.1, 0.15) is 71.6 Å². The monoisotopic (exact) mass is 369 g/mol. The number of nitrogens with one attached hydrogen (secondary N) is 1. The summed E-state index contributed by atoms with van der Waals surface area (Å²) in [4.78, 5) is 4.90. The summed E-state index contributed by atoms with van der Waals surface area (Å²) in [5, 5.41) is 4.66. The minimum absolute atomic E-state index is 0.361. The molecule has 2 fully saturated rings. The average Bonchev–Trinajstić information content (AvgIpc) is 3.13. The van der Waals surface area contributed by atoms with E-state index < -0.39 is 0 Å². The van der Waals surface area contributed by atoms with Gasteiger partial charge in [-0.05, 0) is 70.9 Å². The number of hydrogen-bond donors (Lipinski definition) is 1. The molecule has 0 spiro atoms. The number of hydrogen-bond acceptors (Lipinski definition) is 3. The topological polar surface area (TPSA) is 27.7 Å². The van der Waals surface area contributed by atoms with Gasteiger partial charge in [-0.2, -0.15) is 0 Å². The van der Waals surface area contributed by atoms with Gasteiger partial charge in [0.1, 0.15) is 0 Å². The molecule has 2 atom stereocenters. The molecule has 2 aliphatic rings. The third-order valence-electron chi connectivity index (χ3n) is 5.79. The predicted octanol–water partition coefficient (Wildman–Crippen LogP) is 3.80. The van der Waals surface area contributed by atoms with Crippen LogP contribution < -0.4 is 5.32 Å². The molecule has 5 heteroatoms.